The number of hydrogen-bond donors (Lipinski definition) is 1. The van der Waals surface area contributed by atoms with E-state index in [1.807, 2.05) is 13.8 Å². The van der Waals surface area contributed by atoms with Crippen LogP contribution in [0.1, 0.15) is 26.7 Å². The Balaban J connectivity index is 2.70. The molecule has 2 nitrogen and oxygen atoms in total. The minimum atomic E-state index is -1.64. The summed E-state index contributed by atoms with van der Waals surface area (Å²) in [6, 6.07) is 0. The summed E-state index contributed by atoms with van der Waals surface area (Å²) in [5.41, 5.74) is -0.793. The van der Waals surface area contributed by atoms with E-state index < -0.39 is 29.2 Å². The Morgan fingerprint density at radius 2 is 1.59 bits per heavy atom. The predicted molar refractivity (Wildman–Crippen MR) is 56.6 cm³/mol. The monoisotopic (exact) mass is 250 g/mol. The number of nitrogens with zero attached hydrogens (tertiary/aromatic N) is 1. The number of nitrogens with one attached hydrogen (secondary N) is 1. The summed E-state index contributed by atoms with van der Waals surface area (Å²) in [7, 11) is 0. The maximum Gasteiger partial charge on any atom is 0.253 e. The molecular formula is C11H14F4N2. The summed E-state index contributed by atoms with van der Waals surface area (Å²) in [5, 5.41) is 2.35. The van der Waals surface area contributed by atoms with Gasteiger partial charge in [0.1, 0.15) is 5.69 Å². The lowest BCUT2D eigenvalue weighted by molar-refractivity contribution is 0.410. The van der Waals surface area contributed by atoms with Crippen LogP contribution in [0, 0.1) is 29.4 Å². The lowest BCUT2D eigenvalue weighted by Gasteiger charge is -2.10. The Morgan fingerprint density at radius 3 is 2.06 bits per heavy atom. The second-order valence-corrected chi connectivity index (χ2v) is 4.16. The molecule has 0 radical (unpaired) electrons. The van der Waals surface area contributed by atoms with E-state index in [9.17, 15) is 17.6 Å². The molecule has 0 aliphatic rings. The molecular weight excluding hydrogens is 236 g/mol. The molecule has 17 heavy (non-hydrogen) atoms. The maximum absolute atomic E-state index is 13.1. The third-order valence-electron chi connectivity index (χ3n) is 2.26. The van der Waals surface area contributed by atoms with E-state index in [2.05, 4.69) is 10.3 Å². The zero-order valence-corrected chi connectivity index (χ0v) is 9.66. The summed E-state index contributed by atoms with van der Waals surface area (Å²) in [5.74, 6) is -5.81. The molecule has 0 aliphatic heterocycles. The standard InChI is InChI=1S/C11H14F4N2/c1-6(2)4-3-5-16-9-7(12)10(14)17-11(15)8(9)13/h6H,3-5H2,1-2H3,(H,16,17). The third-order valence-corrected chi connectivity index (χ3v) is 2.26. The van der Waals surface area contributed by atoms with Crippen LogP contribution < -0.4 is 5.32 Å². The highest BCUT2D eigenvalue weighted by atomic mass is 19.2. The SMILES string of the molecule is CC(C)CCCNc1c(F)c(F)nc(F)c1F. The molecule has 6 heteroatoms. The zero-order valence-electron chi connectivity index (χ0n) is 9.66. The van der Waals surface area contributed by atoms with Crippen molar-refractivity contribution in [2.75, 3.05) is 11.9 Å². The molecule has 0 saturated heterocycles. The van der Waals surface area contributed by atoms with Gasteiger partial charge in [-0.25, -0.2) is 0 Å². The highest BCUT2D eigenvalue weighted by Crippen LogP contribution is 2.22. The van der Waals surface area contributed by atoms with Crippen molar-refractivity contribution in [1.82, 2.24) is 4.98 Å². The molecule has 96 valence electrons. The van der Waals surface area contributed by atoms with Gasteiger partial charge < -0.3 is 5.32 Å². The van der Waals surface area contributed by atoms with Crippen molar-refractivity contribution < 1.29 is 17.6 Å². The quantitative estimate of drug-likeness (QED) is 0.491. The van der Waals surface area contributed by atoms with Gasteiger partial charge in [-0.05, 0) is 18.8 Å². The number of aromatic nitrogens is 1. The van der Waals surface area contributed by atoms with Crippen molar-refractivity contribution in [3.8, 4) is 0 Å². The molecule has 1 N–H and O–H groups in total. The minimum absolute atomic E-state index is 0.245. The van der Waals surface area contributed by atoms with Crippen molar-refractivity contribution in [3.63, 3.8) is 0 Å². The van der Waals surface area contributed by atoms with Gasteiger partial charge >= 0.3 is 0 Å². The maximum atomic E-state index is 13.1. The van der Waals surface area contributed by atoms with Crippen LogP contribution in [-0.2, 0) is 0 Å². The summed E-state index contributed by atoms with van der Waals surface area (Å²) in [6.45, 7) is 4.26. The van der Waals surface area contributed by atoms with Crippen molar-refractivity contribution >= 4 is 5.69 Å². The van der Waals surface area contributed by atoms with Crippen LogP contribution in [0.4, 0.5) is 23.2 Å². The predicted octanol–water partition coefficient (Wildman–Crippen LogP) is 3.49. The molecule has 1 aromatic heterocycles. The van der Waals surface area contributed by atoms with Crippen LogP contribution in [0.15, 0.2) is 0 Å². The first-order valence-electron chi connectivity index (χ1n) is 5.37. The van der Waals surface area contributed by atoms with Crippen molar-refractivity contribution in [3.05, 3.63) is 23.5 Å². The van der Waals surface area contributed by atoms with Gasteiger partial charge in [-0.1, -0.05) is 13.8 Å². The van der Waals surface area contributed by atoms with Crippen LogP contribution in [-0.4, -0.2) is 11.5 Å². The van der Waals surface area contributed by atoms with Gasteiger partial charge in [0, 0.05) is 6.54 Å². The van der Waals surface area contributed by atoms with E-state index in [0.29, 0.717) is 12.3 Å². The zero-order chi connectivity index (χ0) is 13.0. The first-order chi connectivity index (χ1) is 7.93. The Hall–Kier alpha value is -1.33. The molecule has 0 saturated carbocycles. The Morgan fingerprint density at radius 1 is 1.06 bits per heavy atom. The van der Waals surface area contributed by atoms with Gasteiger partial charge in [-0.3, -0.25) is 0 Å². The number of pyridine rings is 1. The van der Waals surface area contributed by atoms with Gasteiger partial charge in [-0.15, -0.1) is 0 Å². The Kier molecular flexibility index (Phi) is 4.72. The van der Waals surface area contributed by atoms with E-state index in [0.717, 1.165) is 6.42 Å². The van der Waals surface area contributed by atoms with E-state index >= 15 is 0 Å². The van der Waals surface area contributed by atoms with Gasteiger partial charge in [-0.2, -0.15) is 22.5 Å². The fraction of sp³-hybridized carbons (Fsp3) is 0.545. The van der Waals surface area contributed by atoms with E-state index in [4.69, 9.17) is 0 Å². The molecule has 0 spiro atoms. The molecule has 0 atom stereocenters. The fourth-order valence-electron chi connectivity index (χ4n) is 1.37. The molecule has 0 aliphatic carbocycles. The van der Waals surface area contributed by atoms with Crippen LogP contribution in [0.3, 0.4) is 0 Å². The van der Waals surface area contributed by atoms with Crippen molar-refractivity contribution in [2.24, 2.45) is 5.92 Å². The van der Waals surface area contributed by atoms with Crippen LogP contribution in [0.25, 0.3) is 0 Å². The van der Waals surface area contributed by atoms with E-state index in [-0.39, 0.29) is 6.54 Å². The Labute approximate surface area is 97.1 Å². The number of hydrogen-bond acceptors (Lipinski definition) is 2. The largest absolute Gasteiger partial charge is 0.380 e. The molecule has 1 heterocycles. The van der Waals surface area contributed by atoms with Crippen LogP contribution >= 0.6 is 0 Å². The van der Waals surface area contributed by atoms with Crippen LogP contribution in [0.2, 0.25) is 0 Å². The lowest BCUT2D eigenvalue weighted by Crippen LogP contribution is -2.11. The fourth-order valence-corrected chi connectivity index (χ4v) is 1.37. The normalized spacial score (nSPS) is 11.0. The third kappa shape index (κ3) is 3.57. The summed E-state index contributed by atoms with van der Waals surface area (Å²) >= 11 is 0. The van der Waals surface area contributed by atoms with Crippen molar-refractivity contribution in [2.45, 2.75) is 26.7 Å². The molecule has 0 unspecified atom stereocenters. The summed E-state index contributed by atoms with van der Waals surface area (Å²) in [4.78, 5) is 2.47. The van der Waals surface area contributed by atoms with E-state index in [1.165, 1.54) is 0 Å². The average molecular weight is 250 g/mol. The number of halogens is 4. The molecule has 0 bridgehead atoms. The molecule has 0 fully saturated rings. The highest BCUT2D eigenvalue weighted by Gasteiger charge is 2.20. The molecule has 0 amide bonds. The molecule has 1 aromatic rings. The highest BCUT2D eigenvalue weighted by molar-refractivity contribution is 5.45. The molecule has 1 rings (SSSR count). The first-order valence-corrected chi connectivity index (χ1v) is 5.37. The lowest BCUT2D eigenvalue weighted by atomic mass is 10.1. The van der Waals surface area contributed by atoms with Gasteiger partial charge in [0.05, 0.1) is 0 Å². The van der Waals surface area contributed by atoms with Crippen LogP contribution in [0.5, 0.6) is 0 Å². The second-order valence-electron chi connectivity index (χ2n) is 4.16. The summed E-state index contributed by atoms with van der Waals surface area (Å²) < 4.78 is 51.7. The number of rotatable bonds is 5. The van der Waals surface area contributed by atoms with E-state index in [1.54, 1.807) is 0 Å². The topological polar surface area (TPSA) is 24.9 Å². The van der Waals surface area contributed by atoms with Crippen molar-refractivity contribution in [1.29, 1.82) is 0 Å². The van der Waals surface area contributed by atoms with Gasteiger partial charge in [0.2, 0.25) is 11.6 Å². The number of anilines is 1. The first kappa shape index (κ1) is 13.7. The minimum Gasteiger partial charge on any atom is -0.380 e. The smallest absolute Gasteiger partial charge is 0.253 e. The van der Waals surface area contributed by atoms with Gasteiger partial charge in [0.25, 0.3) is 11.9 Å². The molecule has 0 aromatic carbocycles. The second kappa shape index (κ2) is 5.84. The average Bonchev–Trinajstić information content (AvgIpc) is 2.25. The summed E-state index contributed by atoms with van der Waals surface area (Å²) in [6.07, 6.45) is 1.51. The Bertz CT molecular complexity index is 367. The van der Waals surface area contributed by atoms with Gasteiger partial charge in [0.15, 0.2) is 0 Å².